The molecule has 2 N–H and O–H groups in total. The summed E-state index contributed by atoms with van der Waals surface area (Å²) in [6.07, 6.45) is 0.524. The molecule has 0 aliphatic rings. The van der Waals surface area contributed by atoms with Gasteiger partial charge in [-0.3, -0.25) is 9.89 Å². The highest BCUT2D eigenvalue weighted by Gasteiger charge is 2.11. The van der Waals surface area contributed by atoms with Crippen molar-refractivity contribution >= 4 is 17.5 Å². The third-order valence-corrected chi connectivity index (χ3v) is 4.44. The summed E-state index contributed by atoms with van der Waals surface area (Å²) in [4.78, 5) is 21.1. The molecule has 0 saturated heterocycles. The Kier molecular flexibility index (Phi) is 5.35. The maximum atomic E-state index is 12.4. The predicted molar refractivity (Wildman–Crippen MR) is 107 cm³/mol. The monoisotopic (exact) mass is 408 g/mol. The first-order chi connectivity index (χ1) is 14.1. The topological polar surface area (TPSA) is 110 Å². The van der Waals surface area contributed by atoms with Gasteiger partial charge in [-0.15, -0.1) is 0 Å². The minimum atomic E-state index is -0.190. The van der Waals surface area contributed by atoms with E-state index >= 15 is 0 Å². The smallest absolute Gasteiger partial charge is 0.251 e. The van der Waals surface area contributed by atoms with Crippen molar-refractivity contribution in [3.05, 3.63) is 70.8 Å². The van der Waals surface area contributed by atoms with Crippen molar-refractivity contribution in [1.29, 1.82) is 0 Å². The summed E-state index contributed by atoms with van der Waals surface area (Å²) in [5.41, 5.74) is 2.11. The summed E-state index contributed by atoms with van der Waals surface area (Å²) in [7, 11) is 0. The maximum absolute atomic E-state index is 12.4. The van der Waals surface area contributed by atoms with Crippen molar-refractivity contribution in [3.8, 4) is 22.8 Å². The van der Waals surface area contributed by atoms with Gasteiger partial charge in [0.15, 0.2) is 5.82 Å². The largest absolute Gasteiger partial charge is 0.352 e. The number of nitrogens with zero attached hydrogens (tertiary/aromatic N) is 4. The molecule has 0 unspecified atom stereocenters. The molecule has 0 atom stereocenters. The molecule has 8 nitrogen and oxygen atoms in total. The number of aromatic nitrogens is 5. The molecule has 0 bridgehead atoms. The molecule has 29 heavy (non-hydrogen) atoms. The summed E-state index contributed by atoms with van der Waals surface area (Å²) >= 11 is 5.90. The van der Waals surface area contributed by atoms with E-state index in [0.717, 1.165) is 11.1 Å². The number of nitrogens with one attached hydrogen (secondary N) is 2. The standard InChI is InChI=1S/C20H17ClN6O2/c1-12-23-19(27-29-12)14-3-2-4-15(11-14)20(28)22-10-9-17-24-18(26-25-17)13-5-7-16(21)8-6-13/h2-8,11H,9-10H2,1H3,(H,22,28)(H,24,25,26). The predicted octanol–water partition coefficient (Wildman–Crippen LogP) is 3.46. The van der Waals surface area contributed by atoms with E-state index in [4.69, 9.17) is 16.1 Å². The zero-order chi connectivity index (χ0) is 20.2. The molecule has 0 spiro atoms. The molecule has 0 fully saturated rings. The van der Waals surface area contributed by atoms with Gasteiger partial charge in [-0.2, -0.15) is 10.1 Å². The van der Waals surface area contributed by atoms with Gasteiger partial charge in [0, 0.05) is 41.6 Å². The van der Waals surface area contributed by atoms with Crippen molar-refractivity contribution in [2.24, 2.45) is 0 Å². The number of amides is 1. The fraction of sp³-hybridized carbons (Fsp3) is 0.150. The fourth-order valence-electron chi connectivity index (χ4n) is 2.75. The Morgan fingerprint density at radius 1 is 1.10 bits per heavy atom. The lowest BCUT2D eigenvalue weighted by atomic mass is 10.1. The average molecular weight is 409 g/mol. The maximum Gasteiger partial charge on any atom is 0.251 e. The number of hydrogen-bond donors (Lipinski definition) is 2. The summed E-state index contributed by atoms with van der Waals surface area (Å²) in [6.45, 7) is 2.13. The summed E-state index contributed by atoms with van der Waals surface area (Å²) in [5.74, 6) is 2.01. The SMILES string of the molecule is Cc1nc(-c2cccc(C(=O)NCCc3nc(-c4ccc(Cl)cc4)n[nH]3)c2)no1. The number of rotatable bonds is 6. The summed E-state index contributed by atoms with van der Waals surface area (Å²) in [6, 6.07) is 14.4. The molecule has 4 rings (SSSR count). The van der Waals surface area contributed by atoms with Crippen molar-refractivity contribution in [2.45, 2.75) is 13.3 Å². The van der Waals surface area contributed by atoms with Crippen LogP contribution in [0, 0.1) is 6.92 Å². The Bertz CT molecular complexity index is 1140. The summed E-state index contributed by atoms with van der Waals surface area (Å²) < 4.78 is 4.99. The first kappa shape index (κ1) is 18.8. The Labute approximate surface area is 171 Å². The Balaban J connectivity index is 1.35. The molecule has 0 radical (unpaired) electrons. The molecule has 9 heteroatoms. The second-order valence-electron chi connectivity index (χ2n) is 6.34. The quantitative estimate of drug-likeness (QED) is 0.505. The van der Waals surface area contributed by atoms with Crippen molar-refractivity contribution in [2.75, 3.05) is 6.54 Å². The molecule has 146 valence electrons. The van der Waals surface area contributed by atoms with Crippen molar-refractivity contribution in [3.63, 3.8) is 0 Å². The van der Waals surface area contributed by atoms with Crippen LogP contribution in [0.3, 0.4) is 0 Å². The van der Waals surface area contributed by atoms with Crippen LogP contribution in [0.1, 0.15) is 22.1 Å². The van der Waals surface area contributed by atoms with Gasteiger partial charge in [-0.25, -0.2) is 4.98 Å². The first-order valence-corrected chi connectivity index (χ1v) is 9.32. The molecule has 2 heterocycles. The number of carbonyl (C=O) groups excluding carboxylic acids is 1. The van der Waals surface area contributed by atoms with Crippen LogP contribution in [-0.4, -0.2) is 37.8 Å². The van der Waals surface area contributed by atoms with Gasteiger partial charge in [-0.05, 0) is 36.4 Å². The lowest BCUT2D eigenvalue weighted by Gasteiger charge is -2.05. The zero-order valence-electron chi connectivity index (χ0n) is 15.5. The van der Waals surface area contributed by atoms with Gasteiger partial charge in [0.2, 0.25) is 11.7 Å². The number of aryl methyl sites for hydroxylation is 1. The average Bonchev–Trinajstić information content (AvgIpc) is 3.38. The van der Waals surface area contributed by atoms with E-state index < -0.39 is 0 Å². The lowest BCUT2D eigenvalue weighted by Crippen LogP contribution is -2.26. The van der Waals surface area contributed by atoms with Crippen molar-refractivity contribution in [1.82, 2.24) is 30.6 Å². The van der Waals surface area contributed by atoms with Crippen LogP contribution < -0.4 is 5.32 Å². The van der Waals surface area contributed by atoms with E-state index in [1.165, 1.54) is 0 Å². The lowest BCUT2D eigenvalue weighted by molar-refractivity contribution is 0.0954. The third kappa shape index (κ3) is 4.49. The van der Waals surface area contributed by atoms with Crippen LogP contribution in [-0.2, 0) is 6.42 Å². The molecule has 0 saturated carbocycles. The number of hydrogen-bond acceptors (Lipinski definition) is 6. The van der Waals surface area contributed by atoms with Crippen LogP contribution >= 0.6 is 11.6 Å². The molecule has 0 aliphatic carbocycles. The zero-order valence-corrected chi connectivity index (χ0v) is 16.3. The minimum Gasteiger partial charge on any atom is -0.352 e. The Morgan fingerprint density at radius 3 is 2.69 bits per heavy atom. The van der Waals surface area contributed by atoms with Gasteiger partial charge in [0.1, 0.15) is 5.82 Å². The minimum absolute atomic E-state index is 0.190. The van der Waals surface area contributed by atoms with Crippen LogP contribution in [0.2, 0.25) is 5.02 Å². The van der Waals surface area contributed by atoms with E-state index in [2.05, 4.69) is 30.6 Å². The second-order valence-corrected chi connectivity index (χ2v) is 6.77. The van der Waals surface area contributed by atoms with E-state index in [1.807, 2.05) is 18.2 Å². The van der Waals surface area contributed by atoms with E-state index in [0.29, 0.717) is 46.9 Å². The van der Waals surface area contributed by atoms with E-state index in [-0.39, 0.29) is 5.91 Å². The van der Waals surface area contributed by atoms with Gasteiger partial charge in [0.25, 0.3) is 5.91 Å². The van der Waals surface area contributed by atoms with Crippen molar-refractivity contribution < 1.29 is 9.32 Å². The van der Waals surface area contributed by atoms with Gasteiger partial charge >= 0.3 is 0 Å². The Morgan fingerprint density at radius 2 is 1.93 bits per heavy atom. The molecular weight excluding hydrogens is 392 g/mol. The van der Waals surface area contributed by atoms with Gasteiger partial charge in [0.05, 0.1) is 0 Å². The second kappa shape index (κ2) is 8.24. The molecule has 0 aliphatic heterocycles. The number of aromatic amines is 1. The molecular formula is C20H17ClN6O2. The number of halogens is 1. The highest BCUT2D eigenvalue weighted by Crippen LogP contribution is 2.18. The molecule has 2 aromatic heterocycles. The van der Waals surface area contributed by atoms with Crippen LogP contribution in [0.15, 0.2) is 53.1 Å². The number of H-pyrrole nitrogens is 1. The molecule has 4 aromatic rings. The highest BCUT2D eigenvalue weighted by molar-refractivity contribution is 6.30. The highest BCUT2D eigenvalue weighted by atomic mass is 35.5. The van der Waals surface area contributed by atoms with Crippen LogP contribution in [0.25, 0.3) is 22.8 Å². The van der Waals surface area contributed by atoms with Gasteiger partial charge in [-0.1, -0.05) is 28.9 Å². The molecule has 1 amide bonds. The third-order valence-electron chi connectivity index (χ3n) is 4.19. The first-order valence-electron chi connectivity index (χ1n) is 8.94. The number of benzene rings is 2. The van der Waals surface area contributed by atoms with Crippen LogP contribution in [0.4, 0.5) is 0 Å². The van der Waals surface area contributed by atoms with E-state index in [1.54, 1.807) is 37.3 Å². The summed E-state index contributed by atoms with van der Waals surface area (Å²) in [5, 5.41) is 14.5. The van der Waals surface area contributed by atoms with E-state index in [9.17, 15) is 4.79 Å². The van der Waals surface area contributed by atoms with Gasteiger partial charge < -0.3 is 9.84 Å². The fourth-order valence-corrected chi connectivity index (χ4v) is 2.87. The Hall–Kier alpha value is -3.52. The normalized spacial score (nSPS) is 10.8. The molecule has 2 aromatic carbocycles. The number of carbonyl (C=O) groups is 1. The van der Waals surface area contributed by atoms with Crippen LogP contribution in [0.5, 0.6) is 0 Å².